The molecule has 4 rings (SSSR count). The molecule has 1 heterocycles. The monoisotopic (exact) mass is 416 g/mol. The highest BCUT2D eigenvalue weighted by atomic mass is 35.5. The molecule has 0 saturated heterocycles. The van der Waals surface area contributed by atoms with E-state index in [-0.39, 0.29) is 11.6 Å². The van der Waals surface area contributed by atoms with Gasteiger partial charge >= 0.3 is 0 Å². The number of benzene rings is 3. The van der Waals surface area contributed by atoms with Gasteiger partial charge in [0, 0.05) is 28.4 Å². The first-order valence-corrected chi connectivity index (χ1v) is 9.65. The number of rotatable bonds is 4. The van der Waals surface area contributed by atoms with E-state index in [0.717, 1.165) is 16.8 Å². The van der Waals surface area contributed by atoms with Crippen LogP contribution in [0, 0.1) is 17.0 Å². The minimum absolute atomic E-state index is 0.00794. The number of nitro benzene ring substituents is 1. The van der Waals surface area contributed by atoms with Gasteiger partial charge in [0.25, 0.3) is 11.6 Å². The van der Waals surface area contributed by atoms with Crippen LogP contribution in [-0.4, -0.2) is 10.8 Å². The van der Waals surface area contributed by atoms with Gasteiger partial charge in [-0.1, -0.05) is 41.4 Å². The van der Waals surface area contributed by atoms with Crippen molar-refractivity contribution in [3.05, 3.63) is 116 Å². The smallest absolute Gasteiger partial charge is 0.269 e. The molecule has 0 bridgehead atoms. The summed E-state index contributed by atoms with van der Waals surface area (Å²) in [4.78, 5) is 25.4. The van der Waals surface area contributed by atoms with Gasteiger partial charge in [0.15, 0.2) is 0 Å². The Kier molecular flexibility index (Phi) is 5.21. The van der Waals surface area contributed by atoms with E-state index in [9.17, 15) is 14.9 Å². The molecule has 6 heteroatoms. The van der Waals surface area contributed by atoms with E-state index >= 15 is 0 Å². The number of nitro groups is 1. The second-order valence-electron chi connectivity index (χ2n) is 6.96. The molecule has 0 saturated carbocycles. The molecular formula is C24H17ClN2O3. The SMILES string of the molecule is Cc1ccc(C2=C/C(=C\c3ccc([N+](=O)[O-])cc3)C(=O)N2c2ccc(Cl)cc2)cc1. The lowest BCUT2D eigenvalue weighted by molar-refractivity contribution is -0.384. The molecule has 0 fully saturated rings. The van der Waals surface area contributed by atoms with Gasteiger partial charge in [-0.05, 0) is 66.6 Å². The fourth-order valence-corrected chi connectivity index (χ4v) is 3.40. The molecule has 0 N–H and O–H groups in total. The highest BCUT2D eigenvalue weighted by molar-refractivity contribution is 6.30. The number of hydrogen-bond acceptors (Lipinski definition) is 3. The predicted molar refractivity (Wildman–Crippen MR) is 119 cm³/mol. The molecule has 148 valence electrons. The summed E-state index contributed by atoms with van der Waals surface area (Å²) < 4.78 is 0. The van der Waals surface area contributed by atoms with Crippen LogP contribution < -0.4 is 4.90 Å². The Balaban J connectivity index is 1.78. The summed E-state index contributed by atoms with van der Waals surface area (Å²) in [5, 5.41) is 11.5. The highest BCUT2D eigenvalue weighted by Crippen LogP contribution is 2.35. The van der Waals surface area contributed by atoms with Crippen molar-refractivity contribution in [2.24, 2.45) is 0 Å². The number of aryl methyl sites for hydroxylation is 1. The van der Waals surface area contributed by atoms with Gasteiger partial charge < -0.3 is 0 Å². The van der Waals surface area contributed by atoms with Gasteiger partial charge in [-0.15, -0.1) is 0 Å². The van der Waals surface area contributed by atoms with Crippen molar-refractivity contribution in [1.82, 2.24) is 0 Å². The van der Waals surface area contributed by atoms with Crippen molar-refractivity contribution in [1.29, 1.82) is 0 Å². The number of nitrogens with zero attached hydrogens (tertiary/aromatic N) is 2. The quantitative estimate of drug-likeness (QED) is 0.296. The number of halogens is 1. The maximum Gasteiger partial charge on any atom is 0.269 e. The van der Waals surface area contributed by atoms with Crippen molar-refractivity contribution in [2.45, 2.75) is 6.92 Å². The zero-order valence-corrected chi connectivity index (χ0v) is 16.8. The highest BCUT2D eigenvalue weighted by Gasteiger charge is 2.30. The molecule has 0 radical (unpaired) electrons. The van der Waals surface area contributed by atoms with Crippen LogP contribution in [-0.2, 0) is 4.79 Å². The van der Waals surface area contributed by atoms with E-state index in [1.807, 2.05) is 37.3 Å². The number of anilines is 1. The van der Waals surface area contributed by atoms with Gasteiger partial charge in [-0.2, -0.15) is 0 Å². The van der Waals surface area contributed by atoms with Gasteiger partial charge in [-0.3, -0.25) is 19.8 Å². The second kappa shape index (κ2) is 7.97. The van der Waals surface area contributed by atoms with Crippen LogP contribution in [0.25, 0.3) is 11.8 Å². The molecule has 1 aliphatic heterocycles. The lowest BCUT2D eigenvalue weighted by Gasteiger charge is -2.21. The predicted octanol–water partition coefficient (Wildman–Crippen LogP) is 6.03. The van der Waals surface area contributed by atoms with E-state index in [0.29, 0.717) is 21.8 Å². The van der Waals surface area contributed by atoms with Crippen molar-refractivity contribution in [3.63, 3.8) is 0 Å². The third kappa shape index (κ3) is 3.88. The number of carbonyl (C=O) groups excluding carboxylic acids is 1. The van der Waals surface area contributed by atoms with E-state index in [1.165, 1.54) is 12.1 Å². The van der Waals surface area contributed by atoms with Crippen LogP contribution in [0.3, 0.4) is 0 Å². The summed E-state index contributed by atoms with van der Waals surface area (Å²) >= 11 is 6.02. The third-order valence-electron chi connectivity index (χ3n) is 4.84. The molecule has 0 aromatic heterocycles. The van der Waals surface area contributed by atoms with Gasteiger partial charge in [0.1, 0.15) is 0 Å². The van der Waals surface area contributed by atoms with Crippen molar-refractivity contribution >= 4 is 40.7 Å². The molecular weight excluding hydrogens is 400 g/mol. The number of non-ortho nitro benzene ring substituents is 1. The molecule has 0 atom stereocenters. The normalized spacial score (nSPS) is 14.9. The number of amides is 1. The first kappa shape index (κ1) is 19.6. The Morgan fingerprint density at radius 2 is 1.57 bits per heavy atom. The average molecular weight is 417 g/mol. The Morgan fingerprint density at radius 1 is 0.933 bits per heavy atom. The molecule has 3 aromatic rings. The van der Waals surface area contributed by atoms with Crippen LogP contribution >= 0.6 is 11.6 Å². The maximum atomic E-state index is 13.3. The third-order valence-corrected chi connectivity index (χ3v) is 5.09. The van der Waals surface area contributed by atoms with E-state index < -0.39 is 4.92 Å². The largest absolute Gasteiger partial charge is 0.276 e. The first-order valence-electron chi connectivity index (χ1n) is 9.27. The van der Waals surface area contributed by atoms with Gasteiger partial charge in [0.2, 0.25) is 0 Å². The van der Waals surface area contributed by atoms with Crippen LogP contribution in [0.5, 0.6) is 0 Å². The first-order chi connectivity index (χ1) is 14.4. The topological polar surface area (TPSA) is 63.5 Å². The standard InChI is InChI=1S/C24H17ClN2O3/c1-16-2-6-18(7-3-16)23-15-19(14-17-4-10-22(11-5-17)27(29)30)24(28)26(23)21-12-8-20(25)9-13-21/h2-15H,1H3/b19-14+. The number of hydrogen-bond donors (Lipinski definition) is 0. The molecule has 0 spiro atoms. The summed E-state index contributed by atoms with van der Waals surface area (Å²) in [6.07, 6.45) is 3.57. The van der Waals surface area contributed by atoms with Gasteiger partial charge in [-0.25, -0.2) is 0 Å². The van der Waals surface area contributed by atoms with E-state index in [1.54, 1.807) is 47.4 Å². The lowest BCUT2D eigenvalue weighted by Crippen LogP contribution is -2.24. The lowest BCUT2D eigenvalue weighted by atomic mass is 10.1. The van der Waals surface area contributed by atoms with Crippen molar-refractivity contribution in [3.8, 4) is 0 Å². The molecule has 1 amide bonds. The summed E-state index contributed by atoms with van der Waals surface area (Å²) in [7, 11) is 0. The molecule has 0 unspecified atom stereocenters. The van der Waals surface area contributed by atoms with Crippen molar-refractivity contribution in [2.75, 3.05) is 4.90 Å². The molecule has 1 aliphatic rings. The zero-order chi connectivity index (χ0) is 21.3. The van der Waals surface area contributed by atoms with Crippen LogP contribution in [0.2, 0.25) is 5.02 Å². The van der Waals surface area contributed by atoms with Gasteiger partial charge in [0.05, 0.1) is 10.6 Å². The summed E-state index contributed by atoms with van der Waals surface area (Å²) in [6, 6.07) is 21.2. The second-order valence-corrected chi connectivity index (χ2v) is 7.40. The zero-order valence-electron chi connectivity index (χ0n) is 16.1. The summed E-state index contributed by atoms with van der Waals surface area (Å²) in [5.41, 5.74) is 4.72. The Bertz CT molecular complexity index is 1180. The minimum atomic E-state index is -0.449. The molecule has 0 aliphatic carbocycles. The Morgan fingerprint density at radius 3 is 2.17 bits per heavy atom. The maximum absolute atomic E-state index is 13.3. The number of carbonyl (C=O) groups is 1. The Hall–Kier alpha value is -3.70. The van der Waals surface area contributed by atoms with Crippen LogP contribution in [0.1, 0.15) is 16.7 Å². The molecule has 30 heavy (non-hydrogen) atoms. The van der Waals surface area contributed by atoms with Crippen LogP contribution in [0.4, 0.5) is 11.4 Å². The minimum Gasteiger partial charge on any atom is -0.276 e. The molecule has 3 aromatic carbocycles. The van der Waals surface area contributed by atoms with E-state index in [4.69, 9.17) is 11.6 Å². The average Bonchev–Trinajstić information content (AvgIpc) is 3.06. The van der Waals surface area contributed by atoms with Crippen LogP contribution in [0.15, 0.2) is 84.4 Å². The summed E-state index contributed by atoms with van der Waals surface area (Å²) in [6.45, 7) is 2.01. The summed E-state index contributed by atoms with van der Waals surface area (Å²) in [5.74, 6) is -0.175. The van der Waals surface area contributed by atoms with E-state index in [2.05, 4.69) is 0 Å². The van der Waals surface area contributed by atoms with Crippen molar-refractivity contribution < 1.29 is 9.72 Å². The fraction of sp³-hybridized carbons (Fsp3) is 0.0417. The fourth-order valence-electron chi connectivity index (χ4n) is 3.27. The molecule has 5 nitrogen and oxygen atoms in total. The Labute approximate surface area is 178 Å².